The van der Waals surface area contributed by atoms with Crippen LogP contribution in [0.1, 0.15) is 129 Å². The zero-order valence-electron chi connectivity index (χ0n) is 30.8. The van der Waals surface area contributed by atoms with E-state index in [1.54, 1.807) is 0 Å². The molecule has 42 heavy (non-hydrogen) atoms. The smallest absolute Gasteiger partial charge is 0.242 e. The Hall–Kier alpha value is -1.57. The first-order valence-electron chi connectivity index (χ1n) is 15.9. The summed E-state index contributed by atoms with van der Waals surface area (Å²) in [5, 5.41) is 0. The zero-order chi connectivity index (χ0) is 32.9. The van der Waals surface area contributed by atoms with Crippen LogP contribution in [-0.2, 0) is 26.4 Å². The molecular weight excluding hydrogens is 549 g/mol. The van der Waals surface area contributed by atoms with Crippen molar-refractivity contribution in [2.45, 2.75) is 157 Å². The van der Waals surface area contributed by atoms with Crippen molar-refractivity contribution < 1.29 is 13.6 Å². The molecule has 0 aliphatic heterocycles. The highest BCUT2D eigenvalue weighted by atomic mass is 28.4. The van der Waals surface area contributed by atoms with Crippen LogP contribution in [0.2, 0.25) is 39.3 Å². The van der Waals surface area contributed by atoms with Crippen LogP contribution < -0.4 is 8.85 Å². The molecule has 2 aromatic rings. The predicted octanol–water partition coefficient (Wildman–Crippen LogP) is 11.4. The number of hydrogen-bond acceptors (Lipinski definition) is 3. The van der Waals surface area contributed by atoms with Crippen molar-refractivity contribution in [2.75, 3.05) is 6.61 Å². The number of ether oxygens (including phenoxy) is 1. The molecule has 5 heteroatoms. The Labute approximate surface area is 262 Å². The average Bonchev–Trinajstić information content (AvgIpc) is 2.72. The molecule has 0 unspecified atom stereocenters. The van der Waals surface area contributed by atoms with E-state index in [9.17, 15) is 0 Å². The van der Waals surface area contributed by atoms with E-state index in [0.29, 0.717) is 6.61 Å². The van der Waals surface area contributed by atoms with E-state index in [2.05, 4.69) is 154 Å². The minimum absolute atomic E-state index is 0.0933. The summed E-state index contributed by atoms with van der Waals surface area (Å²) in [7, 11) is -3.73. The Balaban J connectivity index is 3.08. The molecule has 0 heterocycles. The first-order chi connectivity index (χ1) is 18.6. The molecule has 0 aromatic heterocycles. The maximum atomic E-state index is 6.89. The highest BCUT2D eigenvalue weighted by Gasteiger charge is 2.35. The van der Waals surface area contributed by atoms with Crippen molar-refractivity contribution in [3.8, 4) is 11.5 Å². The molecule has 0 saturated heterocycles. The SMILES string of the molecule is CCOC(c1cc(C(C)(C)C)c(O[Si](C)(C)C)c(C(C)(C)C)c1)c1cc(C(C)(C)C)c(O[Si](C)(C)C)c(C(C)(C)C)c1. The molecule has 0 aliphatic rings. The second-order valence-corrected chi connectivity index (χ2v) is 27.0. The quantitative estimate of drug-likeness (QED) is 0.278. The summed E-state index contributed by atoms with van der Waals surface area (Å²) in [4.78, 5) is 0. The number of hydrogen-bond donors (Lipinski definition) is 0. The van der Waals surface area contributed by atoms with Gasteiger partial charge in [0.2, 0.25) is 16.6 Å². The minimum Gasteiger partial charge on any atom is -0.544 e. The third kappa shape index (κ3) is 9.46. The molecule has 0 bridgehead atoms. The average molecular weight is 613 g/mol. The van der Waals surface area contributed by atoms with Gasteiger partial charge in [-0.3, -0.25) is 0 Å². The lowest BCUT2D eigenvalue weighted by Crippen LogP contribution is -2.33. The molecule has 0 amide bonds. The van der Waals surface area contributed by atoms with Crippen LogP contribution in [0.15, 0.2) is 24.3 Å². The summed E-state index contributed by atoms with van der Waals surface area (Å²) < 4.78 is 20.5. The summed E-state index contributed by atoms with van der Waals surface area (Å²) in [6.45, 7) is 43.9. The van der Waals surface area contributed by atoms with E-state index in [1.807, 2.05) is 0 Å². The Bertz CT molecular complexity index is 1070. The van der Waals surface area contributed by atoms with Crippen molar-refractivity contribution in [1.82, 2.24) is 0 Å². The minimum atomic E-state index is -1.87. The number of rotatable bonds is 8. The Morgan fingerprint density at radius 2 is 0.738 bits per heavy atom. The van der Waals surface area contributed by atoms with Gasteiger partial charge in [-0.05, 0) is 126 Å². The zero-order valence-corrected chi connectivity index (χ0v) is 32.8. The monoisotopic (exact) mass is 612 g/mol. The standard InChI is InChI=1S/C37H64O3Si2/c1-20-38-31(25-21-27(34(2,3)4)32(39-41(14,15)16)28(22-25)35(5,6)7)26-23-29(36(8,9)10)33(40-42(17,18)19)30(24-26)37(11,12)13/h21-24,31H,20H2,1-19H3. The fourth-order valence-electron chi connectivity index (χ4n) is 5.22. The molecule has 0 atom stereocenters. The van der Waals surface area contributed by atoms with Crippen LogP contribution in [0.5, 0.6) is 11.5 Å². The van der Waals surface area contributed by atoms with Crippen LogP contribution in [0.3, 0.4) is 0 Å². The van der Waals surface area contributed by atoms with E-state index >= 15 is 0 Å². The second-order valence-electron chi connectivity index (χ2n) is 18.2. The van der Waals surface area contributed by atoms with Crippen LogP contribution >= 0.6 is 0 Å². The summed E-state index contributed by atoms with van der Waals surface area (Å²) >= 11 is 0. The third-order valence-corrected chi connectivity index (χ3v) is 8.84. The molecule has 238 valence electrons. The third-order valence-electron chi connectivity index (χ3n) is 7.21. The first-order valence-corrected chi connectivity index (χ1v) is 22.8. The van der Waals surface area contributed by atoms with E-state index in [0.717, 1.165) is 11.5 Å². The molecule has 0 N–H and O–H groups in total. The predicted molar refractivity (Wildman–Crippen MR) is 189 cm³/mol. The number of benzene rings is 2. The molecule has 3 nitrogen and oxygen atoms in total. The van der Waals surface area contributed by atoms with Gasteiger partial charge in [-0.25, -0.2) is 0 Å². The fraction of sp³-hybridized carbons (Fsp3) is 0.676. The molecule has 2 rings (SSSR count). The van der Waals surface area contributed by atoms with Crippen molar-refractivity contribution in [3.05, 3.63) is 57.6 Å². The summed E-state index contributed by atoms with van der Waals surface area (Å²) in [6.07, 6.45) is -0.207. The fourth-order valence-corrected chi connectivity index (χ4v) is 6.88. The Morgan fingerprint density at radius 3 is 0.905 bits per heavy atom. The van der Waals surface area contributed by atoms with Gasteiger partial charge in [0, 0.05) is 6.61 Å². The Kier molecular flexibility index (Phi) is 10.5. The van der Waals surface area contributed by atoms with E-state index in [1.165, 1.54) is 33.4 Å². The van der Waals surface area contributed by atoms with Crippen molar-refractivity contribution >= 4 is 16.6 Å². The molecule has 0 spiro atoms. The van der Waals surface area contributed by atoms with Gasteiger partial charge in [0.1, 0.15) is 17.6 Å². The molecular formula is C37H64O3Si2. The van der Waals surface area contributed by atoms with Crippen LogP contribution in [-0.4, -0.2) is 23.2 Å². The highest BCUT2D eigenvalue weighted by molar-refractivity contribution is 6.70. The summed E-state index contributed by atoms with van der Waals surface area (Å²) in [5.74, 6) is 2.13. The Morgan fingerprint density at radius 1 is 0.500 bits per heavy atom. The van der Waals surface area contributed by atoms with Gasteiger partial charge in [-0.15, -0.1) is 0 Å². The lowest BCUT2D eigenvalue weighted by molar-refractivity contribution is 0.0908. The normalized spacial score (nSPS) is 14.0. The van der Waals surface area contributed by atoms with Gasteiger partial charge in [0.15, 0.2) is 0 Å². The van der Waals surface area contributed by atoms with Crippen LogP contribution in [0, 0.1) is 0 Å². The lowest BCUT2D eigenvalue weighted by atomic mass is 9.76. The highest BCUT2D eigenvalue weighted by Crippen LogP contribution is 2.47. The van der Waals surface area contributed by atoms with Crippen molar-refractivity contribution in [1.29, 1.82) is 0 Å². The summed E-state index contributed by atoms with van der Waals surface area (Å²) in [5.41, 5.74) is 7.01. The molecule has 2 aromatic carbocycles. The van der Waals surface area contributed by atoms with Gasteiger partial charge >= 0.3 is 0 Å². The van der Waals surface area contributed by atoms with Gasteiger partial charge < -0.3 is 13.6 Å². The van der Waals surface area contributed by atoms with Gasteiger partial charge in [-0.2, -0.15) is 0 Å². The lowest BCUT2D eigenvalue weighted by Gasteiger charge is -2.36. The van der Waals surface area contributed by atoms with Crippen molar-refractivity contribution in [2.24, 2.45) is 0 Å². The molecule has 0 saturated carbocycles. The van der Waals surface area contributed by atoms with Crippen LogP contribution in [0.4, 0.5) is 0 Å². The first kappa shape index (κ1) is 36.6. The molecule has 0 radical (unpaired) electrons. The largest absolute Gasteiger partial charge is 0.544 e. The summed E-state index contributed by atoms with van der Waals surface area (Å²) in [6, 6.07) is 9.46. The van der Waals surface area contributed by atoms with E-state index < -0.39 is 16.6 Å². The van der Waals surface area contributed by atoms with Gasteiger partial charge in [0.25, 0.3) is 0 Å². The van der Waals surface area contributed by atoms with Crippen LogP contribution in [0.25, 0.3) is 0 Å². The molecule has 0 fully saturated rings. The maximum Gasteiger partial charge on any atom is 0.242 e. The topological polar surface area (TPSA) is 27.7 Å². The van der Waals surface area contributed by atoms with Crippen molar-refractivity contribution in [3.63, 3.8) is 0 Å². The van der Waals surface area contributed by atoms with Gasteiger partial charge in [-0.1, -0.05) is 83.1 Å². The van der Waals surface area contributed by atoms with E-state index in [4.69, 9.17) is 13.6 Å². The maximum absolute atomic E-state index is 6.89. The second kappa shape index (κ2) is 12.1. The van der Waals surface area contributed by atoms with Gasteiger partial charge in [0.05, 0.1) is 0 Å². The van der Waals surface area contributed by atoms with E-state index in [-0.39, 0.29) is 27.8 Å². The molecule has 0 aliphatic carbocycles.